The molecule has 2 aromatic rings. The molecule has 0 aromatic carbocycles. The summed E-state index contributed by atoms with van der Waals surface area (Å²) >= 11 is 0. The maximum atomic E-state index is 12.0. The fraction of sp³-hybridized carbons (Fsp3) is 0.286. The predicted octanol–water partition coefficient (Wildman–Crippen LogP) is 1.43. The fourth-order valence-electron chi connectivity index (χ4n) is 1.77. The van der Waals surface area contributed by atoms with Crippen molar-refractivity contribution in [3.05, 3.63) is 47.3 Å². The molecule has 0 unspecified atom stereocenters. The zero-order valence-corrected chi connectivity index (χ0v) is 11.7. The number of pyridine rings is 1. The Bertz CT molecular complexity index is 608. The number of nitrogens with zero attached hydrogens (tertiary/aromatic N) is 3. The summed E-state index contributed by atoms with van der Waals surface area (Å²) in [6.07, 6.45) is 1.64. The largest absolute Gasteiger partial charge is 0.497 e. The van der Waals surface area contributed by atoms with Crippen molar-refractivity contribution < 1.29 is 9.53 Å². The summed E-state index contributed by atoms with van der Waals surface area (Å²) in [5.41, 5.74) is 1.85. The van der Waals surface area contributed by atoms with Crippen LogP contribution in [0.1, 0.15) is 27.7 Å². The average Bonchev–Trinajstić information content (AvgIpc) is 2.44. The molecule has 0 saturated carbocycles. The molecule has 0 bridgehead atoms. The first kappa shape index (κ1) is 13.9. The lowest BCUT2D eigenvalue weighted by molar-refractivity contribution is 0.0945. The van der Waals surface area contributed by atoms with E-state index in [2.05, 4.69) is 20.3 Å². The Morgan fingerprint density at radius 3 is 2.80 bits per heavy atom. The van der Waals surface area contributed by atoms with Gasteiger partial charge in [0.1, 0.15) is 17.3 Å². The van der Waals surface area contributed by atoms with Gasteiger partial charge in [-0.2, -0.15) is 0 Å². The van der Waals surface area contributed by atoms with Crippen molar-refractivity contribution >= 4 is 5.91 Å². The number of aryl methyl sites for hydroxylation is 2. The Labute approximate surface area is 117 Å². The number of amides is 1. The lowest BCUT2D eigenvalue weighted by Crippen LogP contribution is -2.24. The van der Waals surface area contributed by atoms with Crippen LogP contribution in [0.15, 0.2) is 24.4 Å². The summed E-state index contributed by atoms with van der Waals surface area (Å²) in [6.45, 7) is 3.90. The van der Waals surface area contributed by atoms with Gasteiger partial charge in [0, 0.05) is 18.0 Å². The lowest BCUT2D eigenvalue weighted by Gasteiger charge is -2.06. The third kappa shape index (κ3) is 3.50. The van der Waals surface area contributed by atoms with E-state index in [4.69, 9.17) is 4.74 Å². The number of methoxy groups -OCH3 is 1. The third-order valence-electron chi connectivity index (χ3n) is 2.65. The molecule has 1 amide bonds. The zero-order valence-electron chi connectivity index (χ0n) is 11.7. The highest BCUT2D eigenvalue weighted by Crippen LogP contribution is 2.09. The molecule has 0 aliphatic heterocycles. The van der Waals surface area contributed by atoms with Gasteiger partial charge in [-0.3, -0.25) is 9.78 Å². The van der Waals surface area contributed by atoms with Crippen molar-refractivity contribution in [3.63, 3.8) is 0 Å². The van der Waals surface area contributed by atoms with E-state index in [9.17, 15) is 4.79 Å². The molecule has 0 saturated heterocycles. The van der Waals surface area contributed by atoms with Gasteiger partial charge >= 0.3 is 0 Å². The molecule has 20 heavy (non-hydrogen) atoms. The summed E-state index contributed by atoms with van der Waals surface area (Å²) in [7, 11) is 1.59. The van der Waals surface area contributed by atoms with Gasteiger partial charge in [-0.1, -0.05) is 0 Å². The zero-order chi connectivity index (χ0) is 14.5. The molecule has 2 aromatic heterocycles. The molecule has 6 nitrogen and oxygen atoms in total. The van der Waals surface area contributed by atoms with Gasteiger partial charge in [0.2, 0.25) is 0 Å². The second-order valence-electron chi connectivity index (χ2n) is 4.31. The van der Waals surface area contributed by atoms with Crippen molar-refractivity contribution in [3.8, 4) is 5.75 Å². The molecular weight excluding hydrogens is 256 g/mol. The van der Waals surface area contributed by atoms with Crippen LogP contribution in [0, 0.1) is 13.8 Å². The van der Waals surface area contributed by atoms with E-state index < -0.39 is 0 Å². The van der Waals surface area contributed by atoms with Crippen molar-refractivity contribution in [2.24, 2.45) is 0 Å². The van der Waals surface area contributed by atoms with E-state index >= 15 is 0 Å². The van der Waals surface area contributed by atoms with E-state index in [1.54, 1.807) is 38.4 Å². The summed E-state index contributed by atoms with van der Waals surface area (Å²) in [4.78, 5) is 24.4. The number of hydrogen-bond donors (Lipinski definition) is 1. The number of rotatable bonds is 4. The van der Waals surface area contributed by atoms with Crippen molar-refractivity contribution in [2.75, 3.05) is 7.11 Å². The Hall–Kier alpha value is -2.50. The smallest absolute Gasteiger partial charge is 0.270 e. The maximum Gasteiger partial charge on any atom is 0.270 e. The first-order valence-corrected chi connectivity index (χ1v) is 6.18. The second kappa shape index (κ2) is 6.10. The molecular formula is C14H16N4O2. The molecule has 0 radical (unpaired) electrons. The molecule has 0 spiro atoms. The van der Waals surface area contributed by atoms with Gasteiger partial charge in [0.15, 0.2) is 0 Å². The van der Waals surface area contributed by atoms with Gasteiger partial charge in [-0.25, -0.2) is 9.97 Å². The SMILES string of the molecule is COc1ccnc(CNC(=O)c2cc(C)nc(C)n2)c1. The number of ether oxygens (including phenoxy) is 1. The van der Waals surface area contributed by atoms with Crippen molar-refractivity contribution in [1.82, 2.24) is 20.3 Å². The van der Waals surface area contributed by atoms with Gasteiger partial charge < -0.3 is 10.1 Å². The van der Waals surface area contributed by atoms with E-state index in [1.165, 1.54) is 0 Å². The molecule has 6 heteroatoms. The van der Waals surface area contributed by atoms with Gasteiger partial charge in [-0.05, 0) is 26.0 Å². The van der Waals surface area contributed by atoms with Crippen LogP contribution in [0.2, 0.25) is 0 Å². The van der Waals surface area contributed by atoms with Gasteiger partial charge in [-0.15, -0.1) is 0 Å². The van der Waals surface area contributed by atoms with Crippen LogP contribution in [-0.2, 0) is 6.54 Å². The van der Waals surface area contributed by atoms with E-state index in [0.717, 1.165) is 11.4 Å². The highest BCUT2D eigenvalue weighted by atomic mass is 16.5. The quantitative estimate of drug-likeness (QED) is 0.911. The highest BCUT2D eigenvalue weighted by Gasteiger charge is 2.09. The van der Waals surface area contributed by atoms with Gasteiger partial charge in [0.05, 0.1) is 19.3 Å². The first-order chi connectivity index (χ1) is 9.58. The molecule has 1 N–H and O–H groups in total. The van der Waals surface area contributed by atoms with E-state index in [1.807, 2.05) is 6.92 Å². The van der Waals surface area contributed by atoms with Crippen LogP contribution in [-0.4, -0.2) is 28.0 Å². The summed E-state index contributed by atoms with van der Waals surface area (Å²) in [5, 5.41) is 2.77. The molecule has 2 heterocycles. The Morgan fingerprint density at radius 2 is 2.10 bits per heavy atom. The normalized spacial score (nSPS) is 10.2. The van der Waals surface area contributed by atoms with E-state index in [0.29, 0.717) is 23.8 Å². The van der Waals surface area contributed by atoms with Crippen LogP contribution < -0.4 is 10.1 Å². The standard InChI is InChI=1S/C14H16N4O2/c1-9-6-13(18-10(2)17-9)14(19)16-8-11-7-12(20-3)4-5-15-11/h4-7H,8H2,1-3H3,(H,16,19). The Kier molecular flexibility index (Phi) is 4.24. The molecule has 0 atom stereocenters. The molecule has 0 aliphatic carbocycles. The summed E-state index contributed by atoms with van der Waals surface area (Å²) < 4.78 is 5.10. The number of aromatic nitrogens is 3. The second-order valence-corrected chi connectivity index (χ2v) is 4.31. The van der Waals surface area contributed by atoms with Crippen LogP contribution >= 0.6 is 0 Å². The number of carbonyl (C=O) groups is 1. The molecule has 2 rings (SSSR count). The van der Waals surface area contributed by atoms with Crippen LogP contribution in [0.4, 0.5) is 0 Å². The summed E-state index contributed by atoms with van der Waals surface area (Å²) in [6, 6.07) is 5.18. The van der Waals surface area contributed by atoms with Crippen LogP contribution in [0.5, 0.6) is 5.75 Å². The first-order valence-electron chi connectivity index (χ1n) is 6.18. The average molecular weight is 272 g/mol. The third-order valence-corrected chi connectivity index (χ3v) is 2.65. The van der Waals surface area contributed by atoms with Crippen molar-refractivity contribution in [2.45, 2.75) is 20.4 Å². The highest BCUT2D eigenvalue weighted by molar-refractivity contribution is 5.92. The maximum absolute atomic E-state index is 12.0. The Balaban J connectivity index is 2.04. The fourth-order valence-corrected chi connectivity index (χ4v) is 1.77. The van der Waals surface area contributed by atoms with Crippen LogP contribution in [0.3, 0.4) is 0 Å². The van der Waals surface area contributed by atoms with Crippen LogP contribution in [0.25, 0.3) is 0 Å². The monoisotopic (exact) mass is 272 g/mol. The number of hydrogen-bond acceptors (Lipinski definition) is 5. The Morgan fingerprint density at radius 1 is 1.30 bits per heavy atom. The minimum atomic E-state index is -0.247. The van der Waals surface area contributed by atoms with Crippen molar-refractivity contribution in [1.29, 1.82) is 0 Å². The molecule has 0 aliphatic rings. The predicted molar refractivity (Wildman–Crippen MR) is 73.5 cm³/mol. The molecule has 0 fully saturated rings. The topological polar surface area (TPSA) is 77.0 Å². The van der Waals surface area contributed by atoms with Gasteiger partial charge in [0.25, 0.3) is 5.91 Å². The minimum absolute atomic E-state index is 0.247. The number of nitrogens with one attached hydrogen (secondary N) is 1. The summed E-state index contributed by atoms with van der Waals surface area (Å²) in [5.74, 6) is 1.04. The van der Waals surface area contributed by atoms with E-state index in [-0.39, 0.29) is 5.91 Å². The lowest BCUT2D eigenvalue weighted by atomic mass is 10.3. The number of carbonyl (C=O) groups excluding carboxylic acids is 1. The minimum Gasteiger partial charge on any atom is -0.497 e. The molecule has 104 valence electrons.